The van der Waals surface area contributed by atoms with E-state index in [1.54, 1.807) is 6.07 Å². The van der Waals surface area contributed by atoms with Crippen LogP contribution in [0.5, 0.6) is 0 Å². The molecule has 0 aliphatic heterocycles. The van der Waals surface area contributed by atoms with Gasteiger partial charge in [-0.15, -0.1) is 0 Å². The van der Waals surface area contributed by atoms with E-state index < -0.39 is 11.5 Å². The number of rotatable bonds is 5. The normalized spacial score (nSPS) is 17.0. The first-order valence-corrected chi connectivity index (χ1v) is 6.43. The van der Waals surface area contributed by atoms with Crippen LogP contribution in [-0.4, -0.2) is 27.7 Å². The van der Waals surface area contributed by atoms with E-state index in [2.05, 4.69) is 10.5 Å². The van der Waals surface area contributed by atoms with Crippen molar-refractivity contribution in [2.24, 2.45) is 0 Å². The van der Waals surface area contributed by atoms with E-state index in [0.717, 1.165) is 6.42 Å². The van der Waals surface area contributed by atoms with Gasteiger partial charge in [0.15, 0.2) is 0 Å². The second kappa shape index (κ2) is 5.03. The summed E-state index contributed by atoms with van der Waals surface area (Å²) in [5.74, 6) is -0.969. The van der Waals surface area contributed by atoms with Crippen LogP contribution in [0.2, 0.25) is 0 Å². The molecule has 2 rings (SSSR count). The minimum Gasteiger partial charge on any atom is -0.481 e. The number of nitrogens with one attached hydrogen (secondary N) is 1. The average Bonchev–Trinajstić information content (AvgIpc) is 2.74. The third kappa shape index (κ3) is 2.94. The molecule has 104 valence electrons. The monoisotopic (exact) mass is 266 g/mol. The molecule has 2 N–H and O–H groups in total. The number of hydrogen-bond donors (Lipinski definition) is 2. The highest BCUT2D eigenvalue weighted by molar-refractivity contribution is 5.92. The number of carboxylic acids is 1. The van der Waals surface area contributed by atoms with Crippen molar-refractivity contribution in [3.8, 4) is 0 Å². The third-order valence-electron chi connectivity index (χ3n) is 3.52. The Balaban J connectivity index is 2.05. The van der Waals surface area contributed by atoms with Gasteiger partial charge in [0.2, 0.25) is 5.76 Å². The molecule has 1 amide bonds. The Morgan fingerprint density at radius 3 is 2.63 bits per heavy atom. The molecule has 0 spiro atoms. The van der Waals surface area contributed by atoms with Gasteiger partial charge < -0.3 is 14.9 Å². The minimum absolute atomic E-state index is 0.0517. The number of carbonyl (C=O) groups excluding carboxylic acids is 1. The lowest BCUT2D eigenvalue weighted by molar-refractivity contribution is -0.139. The lowest BCUT2D eigenvalue weighted by Crippen LogP contribution is -2.54. The van der Waals surface area contributed by atoms with E-state index in [0.29, 0.717) is 18.5 Å². The molecule has 1 aromatic rings. The maximum Gasteiger partial charge on any atom is 0.305 e. The molecule has 6 nitrogen and oxygen atoms in total. The van der Waals surface area contributed by atoms with Gasteiger partial charge in [-0.05, 0) is 25.2 Å². The number of aromatic nitrogens is 1. The van der Waals surface area contributed by atoms with Gasteiger partial charge in [-0.25, -0.2) is 0 Å². The molecule has 1 aliphatic rings. The molecular formula is C13H18N2O4. The summed E-state index contributed by atoms with van der Waals surface area (Å²) in [6.07, 6.45) is 2.26. The first kappa shape index (κ1) is 13.6. The Bertz CT molecular complexity index is 489. The molecular weight excluding hydrogens is 248 g/mol. The molecule has 0 saturated heterocycles. The van der Waals surface area contributed by atoms with E-state index in [4.69, 9.17) is 9.63 Å². The van der Waals surface area contributed by atoms with Crippen molar-refractivity contribution in [2.45, 2.75) is 51.0 Å². The Hall–Kier alpha value is -1.85. The largest absolute Gasteiger partial charge is 0.481 e. The fraction of sp³-hybridized carbons (Fsp3) is 0.615. The van der Waals surface area contributed by atoms with Crippen molar-refractivity contribution >= 4 is 11.9 Å². The maximum atomic E-state index is 12.0. The Morgan fingerprint density at radius 2 is 2.21 bits per heavy atom. The van der Waals surface area contributed by atoms with Crippen molar-refractivity contribution < 1.29 is 19.2 Å². The molecule has 1 fully saturated rings. The molecule has 1 aliphatic carbocycles. The van der Waals surface area contributed by atoms with Crippen LogP contribution in [0.1, 0.15) is 61.7 Å². The SMILES string of the molecule is CC(C)c1cc(C(=O)NC2(CC(=O)O)CCC2)on1. The number of amides is 1. The number of aliphatic carboxylic acids is 1. The maximum absolute atomic E-state index is 12.0. The predicted octanol–water partition coefficient (Wildman–Crippen LogP) is 1.93. The van der Waals surface area contributed by atoms with Crippen molar-refractivity contribution in [3.63, 3.8) is 0 Å². The Kier molecular flexibility index (Phi) is 3.59. The second-order valence-corrected chi connectivity index (χ2v) is 5.43. The zero-order valence-corrected chi connectivity index (χ0v) is 11.1. The molecule has 0 aromatic carbocycles. The molecule has 1 saturated carbocycles. The molecule has 19 heavy (non-hydrogen) atoms. The standard InChI is InChI=1S/C13H18N2O4/c1-8(2)9-6-10(19-15-9)12(18)14-13(4-3-5-13)7-11(16)17/h6,8H,3-5,7H2,1-2H3,(H,14,18)(H,16,17). The topological polar surface area (TPSA) is 92.4 Å². The summed E-state index contributed by atoms with van der Waals surface area (Å²) in [5.41, 5.74) is 0.0966. The third-order valence-corrected chi connectivity index (χ3v) is 3.52. The van der Waals surface area contributed by atoms with E-state index in [-0.39, 0.29) is 24.0 Å². The average molecular weight is 266 g/mol. The van der Waals surface area contributed by atoms with Crippen LogP contribution in [0.25, 0.3) is 0 Å². The van der Waals surface area contributed by atoms with Crippen LogP contribution in [-0.2, 0) is 4.79 Å². The first-order valence-electron chi connectivity index (χ1n) is 6.43. The summed E-state index contributed by atoms with van der Waals surface area (Å²) in [7, 11) is 0. The summed E-state index contributed by atoms with van der Waals surface area (Å²) in [4.78, 5) is 22.9. The van der Waals surface area contributed by atoms with Crippen LogP contribution in [0.3, 0.4) is 0 Å². The summed E-state index contributed by atoms with van der Waals surface area (Å²) < 4.78 is 5.00. The highest BCUT2D eigenvalue weighted by atomic mass is 16.5. The van der Waals surface area contributed by atoms with E-state index in [9.17, 15) is 9.59 Å². The van der Waals surface area contributed by atoms with Gasteiger partial charge in [-0.1, -0.05) is 19.0 Å². The minimum atomic E-state index is -0.902. The van der Waals surface area contributed by atoms with Crippen LogP contribution in [0.4, 0.5) is 0 Å². The van der Waals surface area contributed by atoms with E-state index >= 15 is 0 Å². The van der Waals surface area contributed by atoms with Gasteiger partial charge in [-0.2, -0.15) is 0 Å². The second-order valence-electron chi connectivity index (χ2n) is 5.43. The van der Waals surface area contributed by atoms with Gasteiger partial charge in [0.1, 0.15) is 0 Å². The smallest absolute Gasteiger partial charge is 0.305 e. The van der Waals surface area contributed by atoms with Gasteiger partial charge in [0.05, 0.1) is 17.7 Å². The van der Waals surface area contributed by atoms with Gasteiger partial charge >= 0.3 is 5.97 Å². The van der Waals surface area contributed by atoms with Crippen LogP contribution in [0.15, 0.2) is 10.6 Å². The molecule has 0 atom stereocenters. The number of carbonyl (C=O) groups is 2. The van der Waals surface area contributed by atoms with Crippen molar-refractivity contribution in [3.05, 3.63) is 17.5 Å². The van der Waals surface area contributed by atoms with E-state index in [1.165, 1.54) is 0 Å². The molecule has 1 heterocycles. The van der Waals surface area contributed by atoms with Crippen molar-refractivity contribution in [2.75, 3.05) is 0 Å². The zero-order chi connectivity index (χ0) is 14.0. The Morgan fingerprint density at radius 1 is 1.53 bits per heavy atom. The highest BCUT2D eigenvalue weighted by Gasteiger charge is 2.41. The first-order chi connectivity index (χ1) is 8.92. The fourth-order valence-electron chi connectivity index (χ4n) is 2.21. The summed E-state index contributed by atoms with van der Waals surface area (Å²) in [6, 6.07) is 1.60. The quantitative estimate of drug-likeness (QED) is 0.849. The number of carboxylic acid groups (broad SMARTS) is 1. The zero-order valence-electron chi connectivity index (χ0n) is 11.1. The lowest BCUT2D eigenvalue weighted by Gasteiger charge is -2.41. The van der Waals surface area contributed by atoms with Gasteiger partial charge in [0, 0.05) is 6.07 Å². The van der Waals surface area contributed by atoms with E-state index in [1.807, 2.05) is 13.8 Å². The van der Waals surface area contributed by atoms with Crippen LogP contribution >= 0.6 is 0 Å². The molecule has 1 aromatic heterocycles. The Labute approximate surface area is 111 Å². The summed E-state index contributed by atoms with van der Waals surface area (Å²) in [5, 5.41) is 15.5. The van der Waals surface area contributed by atoms with Crippen molar-refractivity contribution in [1.82, 2.24) is 10.5 Å². The molecule has 0 unspecified atom stereocenters. The summed E-state index contributed by atoms with van der Waals surface area (Å²) in [6.45, 7) is 3.91. The lowest BCUT2D eigenvalue weighted by atomic mass is 9.74. The van der Waals surface area contributed by atoms with Gasteiger partial charge in [0.25, 0.3) is 5.91 Å². The molecule has 6 heteroatoms. The van der Waals surface area contributed by atoms with Gasteiger partial charge in [-0.3, -0.25) is 9.59 Å². The highest BCUT2D eigenvalue weighted by Crippen LogP contribution is 2.35. The van der Waals surface area contributed by atoms with Crippen molar-refractivity contribution in [1.29, 1.82) is 0 Å². The fourth-order valence-corrected chi connectivity index (χ4v) is 2.21. The van der Waals surface area contributed by atoms with Crippen LogP contribution < -0.4 is 5.32 Å². The van der Waals surface area contributed by atoms with Crippen LogP contribution in [0, 0.1) is 0 Å². The summed E-state index contributed by atoms with van der Waals surface area (Å²) >= 11 is 0. The number of hydrogen-bond acceptors (Lipinski definition) is 4. The predicted molar refractivity (Wildman–Crippen MR) is 66.9 cm³/mol. The molecule has 0 bridgehead atoms. The molecule has 0 radical (unpaired) electrons. The number of nitrogens with zero attached hydrogens (tertiary/aromatic N) is 1.